The second-order valence-electron chi connectivity index (χ2n) is 4.73. The van der Waals surface area contributed by atoms with Crippen molar-refractivity contribution in [1.82, 2.24) is 10.0 Å². The van der Waals surface area contributed by atoms with Gasteiger partial charge in [-0.15, -0.1) is 23.7 Å². The van der Waals surface area contributed by atoms with Gasteiger partial charge in [0.1, 0.15) is 4.21 Å². The Kier molecular flexibility index (Phi) is 9.11. The third-order valence-electron chi connectivity index (χ3n) is 3.28. The van der Waals surface area contributed by atoms with Crippen LogP contribution in [0.1, 0.15) is 26.7 Å². The molecule has 0 atom stereocenters. The van der Waals surface area contributed by atoms with Crippen LogP contribution in [0.15, 0.2) is 20.1 Å². The van der Waals surface area contributed by atoms with E-state index in [1.807, 2.05) is 13.8 Å². The van der Waals surface area contributed by atoms with E-state index in [1.165, 1.54) is 6.07 Å². The topological polar surface area (TPSA) is 101 Å². The van der Waals surface area contributed by atoms with Gasteiger partial charge in [-0.2, -0.15) is 0 Å². The van der Waals surface area contributed by atoms with Crippen LogP contribution < -0.4 is 15.8 Å². The number of carbonyl (C=O) groups is 1. The van der Waals surface area contributed by atoms with Gasteiger partial charge in [0.2, 0.25) is 5.91 Å². The second kappa shape index (κ2) is 9.19. The van der Waals surface area contributed by atoms with Gasteiger partial charge in [-0.1, -0.05) is 13.8 Å². The molecule has 0 aliphatic carbocycles. The minimum atomic E-state index is -3.65. The molecule has 1 amide bonds. The molecule has 128 valence electrons. The van der Waals surface area contributed by atoms with E-state index in [0.717, 1.165) is 24.2 Å². The molecule has 0 saturated carbocycles. The van der Waals surface area contributed by atoms with E-state index < -0.39 is 21.5 Å². The SMILES string of the molecule is CCC(N)(CC)CNC(=O)CNS(=O)(=O)c1ccc(Br)s1.Cl. The Hall–Kier alpha value is -0.190. The lowest BCUT2D eigenvalue weighted by Gasteiger charge is -2.26. The van der Waals surface area contributed by atoms with Crippen LogP contribution in [0, 0.1) is 0 Å². The first kappa shape index (κ1) is 21.8. The first-order valence-electron chi connectivity index (χ1n) is 6.53. The van der Waals surface area contributed by atoms with Crippen molar-refractivity contribution in [2.75, 3.05) is 13.1 Å². The lowest BCUT2D eigenvalue weighted by molar-refractivity contribution is -0.120. The van der Waals surface area contributed by atoms with E-state index in [1.54, 1.807) is 6.07 Å². The lowest BCUT2D eigenvalue weighted by atomic mass is 9.94. The standard InChI is InChI=1S/C12H20BrN3O3S2.ClH/c1-3-12(14,4-2)8-15-10(17)7-16-21(18,19)11-6-5-9(13)20-11;/h5-6,16H,3-4,7-8,14H2,1-2H3,(H,15,17);1H. The molecule has 0 saturated heterocycles. The number of nitrogens with two attached hydrogens (primary N) is 1. The number of sulfonamides is 1. The van der Waals surface area contributed by atoms with E-state index in [0.29, 0.717) is 10.3 Å². The molecule has 6 nitrogen and oxygen atoms in total. The molecule has 1 aromatic heterocycles. The Bertz CT molecular complexity index is 588. The summed E-state index contributed by atoms with van der Waals surface area (Å²) in [5.41, 5.74) is 5.61. The third kappa shape index (κ3) is 6.51. The van der Waals surface area contributed by atoms with Crippen molar-refractivity contribution in [2.24, 2.45) is 5.73 Å². The highest BCUT2D eigenvalue weighted by atomic mass is 79.9. The van der Waals surface area contributed by atoms with Crippen molar-refractivity contribution in [3.05, 3.63) is 15.9 Å². The number of nitrogens with one attached hydrogen (secondary N) is 2. The van der Waals surface area contributed by atoms with Crippen LogP contribution in [0.25, 0.3) is 0 Å². The second-order valence-corrected chi connectivity index (χ2v) is 9.19. The zero-order valence-corrected chi connectivity index (χ0v) is 16.4. The zero-order chi connectivity index (χ0) is 16.1. The fourth-order valence-corrected chi connectivity index (χ4v) is 4.55. The average molecular weight is 435 g/mol. The first-order valence-corrected chi connectivity index (χ1v) is 9.62. The highest BCUT2D eigenvalue weighted by Crippen LogP contribution is 2.25. The number of amides is 1. The Balaban J connectivity index is 0.00000441. The molecule has 0 spiro atoms. The van der Waals surface area contributed by atoms with Crippen LogP contribution in [-0.4, -0.2) is 33.0 Å². The quantitative estimate of drug-likeness (QED) is 0.581. The third-order valence-corrected chi connectivity index (χ3v) is 6.80. The molecular weight excluding hydrogens is 414 g/mol. The molecule has 1 rings (SSSR count). The molecule has 0 bridgehead atoms. The fourth-order valence-electron chi connectivity index (χ4n) is 1.51. The van der Waals surface area contributed by atoms with Crippen molar-refractivity contribution in [3.63, 3.8) is 0 Å². The normalized spacial score (nSPS) is 11.8. The number of thiophene rings is 1. The van der Waals surface area contributed by atoms with Gasteiger partial charge in [-0.3, -0.25) is 4.79 Å². The van der Waals surface area contributed by atoms with Crippen molar-refractivity contribution in [3.8, 4) is 0 Å². The summed E-state index contributed by atoms with van der Waals surface area (Å²) in [6.07, 6.45) is 1.47. The monoisotopic (exact) mass is 433 g/mol. The van der Waals surface area contributed by atoms with Crippen molar-refractivity contribution < 1.29 is 13.2 Å². The fraction of sp³-hybridized carbons (Fsp3) is 0.583. The summed E-state index contributed by atoms with van der Waals surface area (Å²) in [5.74, 6) is -0.397. The van der Waals surface area contributed by atoms with Gasteiger partial charge in [-0.05, 0) is 40.9 Å². The minimum Gasteiger partial charge on any atom is -0.353 e. The predicted molar refractivity (Wildman–Crippen MR) is 95.0 cm³/mol. The maximum absolute atomic E-state index is 11.9. The molecule has 22 heavy (non-hydrogen) atoms. The Labute approximate surface area is 149 Å². The summed E-state index contributed by atoms with van der Waals surface area (Å²) >= 11 is 4.29. The summed E-state index contributed by atoms with van der Waals surface area (Å²) in [4.78, 5) is 11.7. The van der Waals surface area contributed by atoms with Gasteiger partial charge < -0.3 is 11.1 Å². The molecular formula is C12H21BrClN3O3S2. The number of halogens is 2. The molecule has 10 heteroatoms. The largest absolute Gasteiger partial charge is 0.353 e. The van der Waals surface area contributed by atoms with E-state index in [-0.39, 0.29) is 23.2 Å². The van der Waals surface area contributed by atoms with Crippen LogP contribution in [-0.2, 0) is 14.8 Å². The van der Waals surface area contributed by atoms with Crippen LogP contribution >= 0.6 is 39.7 Å². The van der Waals surface area contributed by atoms with Crippen LogP contribution in [0.3, 0.4) is 0 Å². The summed E-state index contributed by atoms with van der Waals surface area (Å²) in [6, 6.07) is 3.12. The molecule has 0 aromatic carbocycles. The number of hydrogen-bond donors (Lipinski definition) is 3. The van der Waals surface area contributed by atoms with Gasteiger partial charge in [0.15, 0.2) is 0 Å². The molecule has 0 fully saturated rings. The Morgan fingerprint density at radius 1 is 1.36 bits per heavy atom. The molecule has 1 aromatic rings. The summed E-state index contributed by atoms with van der Waals surface area (Å²) in [7, 11) is -3.65. The van der Waals surface area contributed by atoms with Crippen LogP contribution in [0.2, 0.25) is 0 Å². The van der Waals surface area contributed by atoms with Crippen molar-refractivity contribution in [1.29, 1.82) is 0 Å². The van der Waals surface area contributed by atoms with E-state index >= 15 is 0 Å². The number of rotatable bonds is 8. The Morgan fingerprint density at radius 2 is 1.95 bits per heavy atom. The lowest BCUT2D eigenvalue weighted by Crippen LogP contribution is -2.50. The van der Waals surface area contributed by atoms with E-state index in [4.69, 9.17) is 5.73 Å². The number of hydrogen-bond acceptors (Lipinski definition) is 5. The Morgan fingerprint density at radius 3 is 2.41 bits per heavy atom. The number of carbonyl (C=O) groups excluding carboxylic acids is 1. The smallest absolute Gasteiger partial charge is 0.250 e. The summed E-state index contributed by atoms with van der Waals surface area (Å²) in [6.45, 7) is 3.92. The van der Waals surface area contributed by atoms with Crippen LogP contribution in [0.5, 0.6) is 0 Å². The summed E-state index contributed by atoms with van der Waals surface area (Å²) in [5, 5.41) is 2.66. The zero-order valence-electron chi connectivity index (χ0n) is 12.4. The van der Waals surface area contributed by atoms with Gasteiger partial charge in [-0.25, -0.2) is 13.1 Å². The van der Waals surface area contributed by atoms with Gasteiger partial charge in [0.05, 0.1) is 10.3 Å². The molecule has 0 aliphatic rings. The highest BCUT2D eigenvalue weighted by Gasteiger charge is 2.22. The molecule has 0 aliphatic heterocycles. The van der Waals surface area contributed by atoms with Gasteiger partial charge >= 0.3 is 0 Å². The van der Waals surface area contributed by atoms with Gasteiger partial charge in [0.25, 0.3) is 10.0 Å². The highest BCUT2D eigenvalue weighted by molar-refractivity contribution is 9.11. The van der Waals surface area contributed by atoms with E-state index in [2.05, 4.69) is 26.0 Å². The van der Waals surface area contributed by atoms with Crippen LogP contribution in [0.4, 0.5) is 0 Å². The maximum atomic E-state index is 11.9. The van der Waals surface area contributed by atoms with E-state index in [9.17, 15) is 13.2 Å². The van der Waals surface area contributed by atoms with Crippen molar-refractivity contribution in [2.45, 2.75) is 36.4 Å². The van der Waals surface area contributed by atoms with Crippen molar-refractivity contribution >= 4 is 55.6 Å². The molecule has 0 radical (unpaired) electrons. The molecule has 4 N–H and O–H groups in total. The predicted octanol–water partition coefficient (Wildman–Crippen LogP) is 1.84. The first-order chi connectivity index (χ1) is 9.72. The molecule has 1 heterocycles. The summed E-state index contributed by atoms with van der Waals surface area (Å²) < 4.78 is 27.0. The molecule has 0 unspecified atom stereocenters. The maximum Gasteiger partial charge on any atom is 0.250 e. The minimum absolute atomic E-state index is 0. The van der Waals surface area contributed by atoms with Gasteiger partial charge in [0, 0.05) is 12.1 Å². The average Bonchev–Trinajstić information content (AvgIpc) is 2.90.